The molecule has 0 radical (unpaired) electrons. The number of hydrogen-bond acceptors (Lipinski definition) is 5. The zero-order chi connectivity index (χ0) is 23.3. The zero-order valence-electron chi connectivity index (χ0n) is 20.7. The third-order valence-electron chi connectivity index (χ3n) is 7.96. The maximum absolute atomic E-state index is 8.69. The molecule has 3 N–H and O–H groups in total. The largest absolute Gasteiger partial charge is 0.317 e. The quantitative estimate of drug-likeness (QED) is 0.371. The van der Waals surface area contributed by atoms with Crippen molar-refractivity contribution in [2.75, 3.05) is 18.0 Å². The number of nitrogens with zero attached hydrogens (tertiary/aromatic N) is 2. The summed E-state index contributed by atoms with van der Waals surface area (Å²) in [6.45, 7) is 10.4. The molecule has 182 valence electrons. The van der Waals surface area contributed by atoms with E-state index < -0.39 is 0 Å². The molecule has 1 atom stereocenters. The summed E-state index contributed by atoms with van der Waals surface area (Å²) in [5, 5.41) is 21.5. The predicted octanol–water partition coefficient (Wildman–Crippen LogP) is 5.82. The first kappa shape index (κ1) is 25.1. The zero-order valence-corrected chi connectivity index (χ0v) is 22.5. The van der Waals surface area contributed by atoms with Crippen molar-refractivity contribution in [2.24, 2.45) is 16.3 Å². The monoisotopic (exact) mass is 495 g/mol. The minimum absolute atomic E-state index is 0. The van der Waals surface area contributed by atoms with E-state index in [1.807, 2.05) is 6.92 Å². The van der Waals surface area contributed by atoms with Crippen LogP contribution in [0.3, 0.4) is 0 Å². The van der Waals surface area contributed by atoms with E-state index in [0.29, 0.717) is 17.1 Å². The van der Waals surface area contributed by atoms with E-state index in [9.17, 15) is 0 Å². The van der Waals surface area contributed by atoms with Gasteiger partial charge in [0.25, 0.3) is 0 Å². The Morgan fingerprint density at radius 3 is 2.44 bits per heavy atom. The highest BCUT2D eigenvalue weighted by Gasteiger charge is 2.44. The summed E-state index contributed by atoms with van der Waals surface area (Å²) < 4.78 is 0. The Balaban J connectivity index is 0.00000274. The van der Waals surface area contributed by atoms with Crippen molar-refractivity contribution in [3.8, 4) is 0 Å². The predicted molar refractivity (Wildman–Crippen MR) is 150 cm³/mol. The van der Waals surface area contributed by atoms with E-state index in [2.05, 4.69) is 43.4 Å². The summed E-state index contributed by atoms with van der Waals surface area (Å²) in [7, 11) is 0. The minimum Gasteiger partial charge on any atom is -0.317 e. The van der Waals surface area contributed by atoms with Crippen molar-refractivity contribution in [2.45, 2.75) is 65.8 Å². The number of aliphatic imine (C=N–C) groups is 1. The van der Waals surface area contributed by atoms with E-state index in [1.165, 1.54) is 61.2 Å². The van der Waals surface area contributed by atoms with Crippen molar-refractivity contribution in [1.82, 2.24) is 5.32 Å². The second-order valence-electron chi connectivity index (χ2n) is 10.3. The van der Waals surface area contributed by atoms with Crippen LogP contribution in [0.1, 0.15) is 66.7 Å². The number of fused-ring (bicyclic) bond motifs is 1. The van der Waals surface area contributed by atoms with E-state index in [4.69, 9.17) is 15.8 Å². The number of thiophene rings is 1. The molecule has 2 fully saturated rings. The van der Waals surface area contributed by atoms with E-state index in [1.54, 1.807) is 23.2 Å². The average molecular weight is 496 g/mol. The molecule has 5 rings (SSSR count). The maximum atomic E-state index is 8.69. The van der Waals surface area contributed by atoms with Gasteiger partial charge in [-0.15, -0.1) is 11.3 Å². The Bertz CT molecular complexity index is 1120. The number of hydrogen-bond donors (Lipinski definition) is 3. The van der Waals surface area contributed by atoms with Crippen LogP contribution >= 0.6 is 24.8 Å². The summed E-state index contributed by atoms with van der Waals surface area (Å²) >= 11 is 1.66. The van der Waals surface area contributed by atoms with E-state index in [-0.39, 0.29) is 19.5 Å². The number of piperidine rings is 1. The highest BCUT2D eigenvalue weighted by Crippen LogP contribution is 2.52. The first-order valence-electron chi connectivity index (χ1n) is 12.2. The normalized spacial score (nSPS) is 21.9. The Morgan fingerprint density at radius 2 is 1.82 bits per heavy atom. The van der Waals surface area contributed by atoms with Gasteiger partial charge in [0.15, 0.2) is 0 Å². The van der Waals surface area contributed by atoms with Crippen LogP contribution in [-0.4, -0.2) is 36.5 Å². The van der Waals surface area contributed by atoms with Gasteiger partial charge >= 0.3 is 0 Å². The number of amidine groups is 2. The molecule has 0 amide bonds. The third-order valence-corrected chi connectivity index (χ3v) is 9.15. The highest BCUT2D eigenvalue weighted by molar-refractivity contribution is 7.59. The summed E-state index contributed by atoms with van der Waals surface area (Å²) in [6, 6.07) is 8.69. The molecule has 2 aliphatic heterocycles. The summed E-state index contributed by atoms with van der Waals surface area (Å²) in [4.78, 5) is 7.99. The van der Waals surface area contributed by atoms with Crippen molar-refractivity contribution < 1.29 is 0 Å². The minimum atomic E-state index is -0.296. The lowest BCUT2D eigenvalue weighted by atomic mass is 9.56. The van der Waals surface area contributed by atoms with E-state index >= 15 is 0 Å². The van der Waals surface area contributed by atoms with Gasteiger partial charge in [-0.1, -0.05) is 24.3 Å². The number of rotatable bonds is 3. The number of nitrogens with one attached hydrogen (secondary N) is 3. The van der Waals surface area contributed by atoms with Gasteiger partial charge in [-0.3, -0.25) is 20.7 Å². The van der Waals surface area contributed by atoms with Crippen molar-refractivity contribution in [3.05, 3.63) is 51.4 Å². The van der Waals surface area contributed by atoms with Crippen LogP contribution in [-0.2, 0) is 6.42 Å². The highest BCUT2D eigenvalue weighted by atomic mass is 32.1. The first-order valence-corrected chi connectivity index (χ1v) is 13.0. The molecule has 34 heavy (non-hydrogen) atoms. The van der Waals surface area contributed by atoms with Crippen LogP contribution in [0, 0.1) is 36.0 Å². The summed E-state index contributed by atoms with van der Waals surface area (Å²) in [6.07, 6.45) is 6.65. The number of aryl methyl sites for hydroxylation is 1. The molecular formula is C27H37N5S2. The molecule has 1 aliphatic carbocycles. The molecule has 0 bridgehead atoms. The van der Waals surface area contributed by atoms with Gasteiger partial charge in [0.05, 0.1) is 5.71 Å². The molecule has 1 saturated heterocycles. The molecule has 3 aliphatic rings. The molecule has 1 aromatic heterocycles. The van der Waals surface area contributed by atoms with Crippen molar-refractivity contribution in [1.29, 1.82) is 10.8 Å². The average Bonchev–Trinajstić information content (AvgIpc) is 2.99. The van der Waals surface area contributed by atoms with Crippen LogP contribution in [0.15, 0.2) is 29.3 Å². The Hall–Kier alpha value is -1.96. The Kier molecular flexibility index (Phi) is 7.09. The third kappa shape index (κ3) is 4.38. The smallest absolute Gasteiger partial charge is 0.132 e. The molecule has 1 saturated carbocycles. The van der Waals surface area contributed by atoms with Crippen LogP contribution in [0.25, 0.3) is 0 Å². The second-order valence-corrected chi connectivity index (χ2v) is 11.6. The Labute approximate surface area is 214 Å². The fourth-order valence-electron chi connectivity index (χ4n) is 6.02. The summed E-state index contributed by atoms with van der Waals surface area (Å²) in [5.74, 6) is 1.56. The fourth-order valence-corrected chi connectivity index (χ4v) is 7.24. The van der Waals surface area contributed by atoms with Gasteiger partial charge in [-0.25, -0.2) is 0 Å². The maximum Gasteiger partial charge on any atom is 0.132 e. The molecule has 3 heterocycles. The van der Waals surface area contributed by atoms with Gasteiger partial charge in [-0.2, -0.15) is 13.5 Å². The standard InChI is InChI=1S/C27H35N5S.H2S/c1-16-18(3)33-26-23(16)24(31-17(2)25(29)32(26)19(4)28)22-7-5-20(6-8-22)13-21-14-27(15-21)9-11-30-12-10-27;/h5-8,17,21,28-30H,9-15H2,1-4H3;1H2/t17-;/m0./s1. The van der Waals surface area contributed by atoms with Crippen LogP contribution < -0.4 is 10.2 Å². The van der Waals surface area contributed by atoms with Gasteiger partial charge in [0.2, 0.25) is 0 Å². The number of benzene rings is 1. The lowest BCUT2D eigenvalue weighted by molar-refractivity contribution is 0.0221. The van der Waals surface area contributed by atoms with Crippen molar-refractivity contribution in [3.63, 3.8) is 0 Å². The SMILES string of the molecule is CC(=N)N1C(=N)[C@H](C)N=C(c2ccc(CC3CC4(CCNCC4)C3)cc2)c2c1sc(C)c2C.S. The van der Waals surface area contributed by atoms with Gasteiger partial charge in [0.1, 0.15) is 22.7 Å². The second kappa shape index (κ2) is 9.59. The topological polar surface area (TPSA) is 75.3 Å². The van der Waals surface area contributed by atoms with Gasteiger partial charge < -0.3 is 5.32 Å². The molecule has 2 aromatic rings. The van der Waals surface area contributed by atoms with Gasteiger partial charge in [-0.05, 0) is 95.3 Å². The molecule has 0 unspecified atom stereocenters. The molecular weight excluding hydrogens is 458 g/mol. The van der Waals surface area contributed by atoms with Crippen molar-refractivity contribution >= 4 is 47.2 Å². The molecule has 1 spiro atoms. The fraction of sp³-hybridized carbons (Fsp3) is 0.519. The van der Waals surface area contributed by atoms with Crippen LogP contribution in [0.5, 0.6) is 0 Å². The lowest BCUT2D eigenvalue weighted by Crippen LogP contribution is -2.45. The molecule has 7 heteroatoms. The molecule has 5 nitrogen and oxygen atoms in total. The van der Waals surface area contributed by atoms with Gasteiger partial charge in [0, 0.05) is 16.0 Å². The van der Waals surface area contributed by atoms with E-state index in [0.717, 1.165) is 27.8 Å². The Morgan fingerprint density at radius 1 is 1.18 bits per heavy atom. The lowest BCUT2D eigenvalue weighted by Gasteiger charge is -2.50. The van der Waals surface area contributed by atoms with Crippen LogP contribution in [0.4, 0.5) is 5.00 Å². The molecule has 1 aromatic carbocycles. The summed E-state index contributed by atoms with van der Waals surface area (Å²) in [5.41, 5.74) is 6.39. The van der Waals surface area contributed by atoms with Crippen LogP contribution in [0.2, 0.25) is 0 Å². The number of anilines is 1. The first-order chi connectivity index (χ1) is 15.8.